The van der Waals surface area contributed by atoms with E-state index >= 15 is 0 Å². The first-order valence-electron chi connectivity index (χ1n) is 7.72. The van der Waals surface area contributed by atoms with Crippen LogP contribution in [0.5, 0.6) is 0 Å². The molecule has 1 aliphatic carbocycles. The Balaban J connectivity index is 2.00. The van der Waals surface area contributed by atoms with Crippen molar-refractivity contribution in [3.63, 3.8) is 0 Å². The first kappa shape index (κ1) is 16.5. The van der Waals surface area contributed by atoms with Crippen molar-refractivity contribution in [2.24, 2.45) is 5.92 Å². The van der Waals surface area contributed by atoms with Crippen LogP contribution in [0.15, 0.2) is 29.2 Å². The number of benzene rings is 1. The van der Waals surface area contributed by atoms with Crippen LogP contribution >= 0.6 is 0 Å². The van der Waals surface area contributed by atoms with E-state index in [0.29, 0.717) is 12.5 Å². The van der Waals surface area contributed by atoms with Gasteiger partial charge in [0.05, 0.1) is 11.5 Å². The first-order chi connectivity index (χ1) is 9.99. The van der Waals surface area contributed by atoms with Crippen LogP contribution in [0.1, 0.15) is 57.4 Å². The lowest BCUT2D eigenvalue weighted by molar-refractivity contribution is 0.0718. The monoisotopic (exact) mass is 311 g/mol. The maximum absolute atomic E-state index is 12.1. The minimum absolute atomic E-state index is 0.255. The maximum Gasteiger partial charge on any atom is 0.262 e. The normalized spacial score (nSPS) is 17.3. The molecule has 21 heavy (non-hydrogen) atoms. The molecule has 0 aliphatic heterocycles. The van der Waals surface area contributed by atoms with Crippen LogP contribution in [-0.2, 0) is 14.9 Å². The van der Waals surface area contributed by atoms with Gasteiger partial charge in [-0.1, -0.05) is 50.1 Å². The molecule has 0 unspecified atom stereocenters. The highest BCUT2D eigenvalue weighted by Gasteiger charge is 2.18. The van der Waals surface area contributed by atoms with Crippen LogP contribution in [0.2, 0.25) is 0 Å². The van der Waals surface area contributed by atoms with Crippen molar-refractivity contribution in [1.29, 1.82) is 0 Å². The molecular weight excluding hydrogens is 286 g/mol. The van der Waals surface area contributed by atoms with Crippen LogP contribution in [-0.4, -0.2) is 15.0 Å². The van der Waals surface area contributed by atoms with E-state index in [2.05, 4.69) is 4.89 Å². The van der Waals surface area contributed by atoms with Crippen molar-refractivity contribution in [1.82, 2.24) is 4.89 Å². The molecular formula is C16H25NO3S. The summed E-state index contributed by atoms with van der Waals surface area (Å²) in [5.74, 6) is 0.863. The fourth-order valence-corrected chi connectivity index (χ4v) is 3.50. The largest absolute Gasteiger partial charge is 0.287 e. The van der Waals surface area contributed by atoms with E-state index in [4.69, 9.17) is 4.84 Å². The average Bonchev–Trinajstić information content (AvgIpc) is 2.48. The molecule has 0 heterocycles. The van der Waals surface area contributed by atoms with Crippen LogP contribution in [0, 0.1) is 5.92 Å². The van der Waals surface area contributed by atoms with Gasteiger partial charge in [-0.2, -0.15) is 0 Å². The Morgan fingerprint density at radius 3 is 2.33 bits per heavy atom. The van der Waals surface area contributed by atoms with Gasteiger partial charge in [0.15, 0.2) is 0 Å². The van der Waals surface area contributed by atoms with Crippen molar-refractivity contribution in [2.45, 2.75) is 56.8 Å². The molecule has 2 rings (SSSR count). The summed E-state index contributed by atoms with van der Waals surface area (Å²) in [5.41, 5.74) is 1.25. The molecule has 118 valence electrons. The standard InChI is InChI=1S/C16H25NO3S/c1-13(2)12-20-17-21(18,19)16-10-8-15(9-11-16)14-6-4-3-5-7-14/h8-11,13-14,17H,3-7,12H2,1-2H3. The smallest absolute Gasteiger partial charge is 0.262 e. The molecule has 1 saturated carbocycles. The molecule has 0 spiro atoms. The quantitative estimate of drug-likeness (QED) is 0.817. The van der Waals surface area contributed by atoms with Crippen molar-refractivity contribution in [3.8, 4) is 0 Å². The van der Waals surface area contributed by atoms with E-state index in [-0.39, 0.29) is 10.8 Å². The predicted octanol–water partition coefficient (Wildman–Crippen LogP) is 3.60. The van der Waals surface area contributed by atoms with Crippen LogP contribution in [0.25, 0.3) is 0 Å². The summed E-state index contributed by atoms with van der Waals surface area (Å²) in [4.78, 5) is 7.46. The number of sulfonamides is 1. The average molecular weight is 311 g/mol. The van der Waals surface area contributed by atoms with Gasteiger partial charge in [0.25, 0.3) is 10.0 Å². The number of hydrogen-bond donors (Lipinski definition) is 1. The zero-order valence-electron chi connectivity index (χ0n) is 12.8. The molecule has 1 aromatic rings. The van der Waals surface area contributed by atoms with Gasteiger partial charge in [0, 0.05) is 0 Å². The number of nitrogens with one attached hydrogen (secondary N) is 1. The third kappa shape index (κ3) is 4.80. The molecule has 1 aromatic carbocycles. The second kappa shape index (κ2) is 7.38. The van der Waals surface area contributed by atoms with Crippen molar-refractivity contribution in [3.05, 3.63) is 29.8 Å². The molecule has 0 aromatic heterocycles. The Bertz CT molecular complexity index is 531. The Labute approximate surface area is 127 Å². The van der Waals surface area contributed by atoms with Crippen molar-refractivity contribution in [2.75, 3.05) is 6.61 Å². The topological polar surface area (TPSA) is 55.4 Å². The fraction of sp³-hybridized carbons (Fsp3) is 0.625. The third-order valence-corrected chi connectivity index (χ3v) is 5.08. The Kier molecular flexibility index (Phi) is 5.79. The molecule has 5 heteroatoms. The van der Waals surface area contributed by atoms with E-state index in [9.17, 15) is 8.42 Å². The van der Waals surface area contributed by atoms with Gasteiger partial charge in [-0.05, 0) is 42.4 Å². The lowest BCUT2D eigenvalue weighted by Crippen LogP contribution is -2.25. The van der Waals surface area contributed by atoms with E-state index < -0.39 is 10.0 Å². The predicted molar refractivity (Wildman–Crippen MR) is 83.4 cm³/mol. The molecule has 0 radical (unpaired) electrons. The second-order valence-electron chi connectivity index (χ2n) is 6.20. The first-order valence-corrected chi connectivity index (χ1v) is 9.21. The molecule has 0 atom stereocenters. The second-order valence-corrected chi connectivity index (χ2v) is 7.84. The molecule has 1 fully saturated rings. The van der Waals surface area contributed by atoms with Gasteiger partial charge in [0.2, 0.25) is 0 Å². The Morgan fingerprint density at radius 2 is 1.76 bits per heavy atom. The molecule has 4 nitrogen and oxygen atoms in total. The Morgan fingerprint density at radius 1 is 1.14 bits per heavy atom. The Hall–Kier alpha value is -0.910. The maximum atomic E-state index is 12.1. The summed E-state index contributed by atoms with van der Waals surface area (Å²) in [6.45, 7) is 4.29. The summed E-state index contributed by atoms with van der Waals surface area (Å²) < 4.78 is 24.1. The van der Waals surface area contributed by atoms with E-state index in [1.165, 1.54) is 37.7 Å². The van der Waals surface area contributed by atoms with Gasteiger partial charge in [0.1, 0.15) is 0 Å². The molecule has 1 aliphatic rings. The number of rotatable bonds is 6. The minimum atomic E-state index is -3.58. The zero-order chi connectivity index (χ0) is 15.3. The third-order valence-electron chi connectivity index (χ3n) is 3.85. The molecule has 1 N–H and O–H groups in total. The summed E-state index contributed by atoms with van der Waals surface area (Å²) >= 11 is 0. The van der Waals surface area contributed by atoms with Crippen molar-refractivity contribution < 1.29 is 13.3 Å². The number of hydrogen-bond acceptors (Lipinski definition) is 3. The van der Waals surface area contributed by atoms with Crippen LogP contribution in [0.3, 0.4) is 0 Å². The van der Waals surface area contributed by atoms with E-state index in [0.717, 1.165) is 0 Å². The van der Waals surface area contributed by atoms with Gasteiger partial charge in [-0.25, -0.2) is 8.42 Å². The summed E-state index contributed by atoms with van der Waals surface area (Å²) in [7, 11) is -3.58. The zero-order valence-corrected chi connectivity index (χ0v) is 13.7. The molecule has 0 amide bonds. The highest BCUT2D eigenvalue weighted by Crippen LogP contribution is 2.32. The summed E-state index contributed by atoms with van der Waals surface area (Å²) in [5, 5.41) is 0. The summed E-state index contributed by atoms with van der Waals surface area (Å²) in [6, 6.07) is 7.22. The van der Waals surface area contributed by atoms with Gasteiger partial charge in [-0.3, -0.25) is 4.84 Å². The lowest BCUT2D eigenvalue weighted by Gasteiger charge is -2.22. The highest BCUT2D eigenvalue weighted by atomic mass is 32.2. The lowest BCUT2D eigenvalue weighted by atomic mass is 9.84. The van der Waals surface area contributed by atoms with Gasteiger partial charge < -0.3 is 0 Å². The fourth-order valence-electron chi connectivity index (χ4n) is 2.68. The van der Waals surface area contributed by atoms with Crippen molar-refractivity contribution >= 4 is 10.0 Å². The molecule has 0 saturated heterocycles. The van der Waals surface area contributed by atoms with Gasteiger partial charge >= 0.3 is 0 Å². The highest BCUT2D eigenvalue weighted by molar-refractivity contribution is 7.89. The van der Waals surface area contributed by atoms with E-state index in [1.807, 2.05) is 26.0 Å². The SMILES string of the molecule is CC(C)CONS(=O)(=O)c1ccc(C2CCCCC2)cc1. The molecule has 0 bridgehead atoms. The minimum Gasteiger partial charge on any atom is -0.287 e. The van der Waals surface area contributed by atoms with Gasteiger partial charge in [-0.15, -0.1) is 0 Å². The summed E-state index contributed by atoms with van der Waals surface area (Å²) in [6.07, 6.45) is 6.29. The van der Waals surface area contributed by atoms with Crippen LogP contribution < -0.4 is 4.89 Å². The van der Waals surface area contributed by atoms with Crippen LogP contribution in [0.4, 0.5) is 0 Å². The van der Waals surface area contributed by atoms with E-state index in [1.54, 1.807) is 12.1 Å².